The summed E-state index contributed by atoms with van der Waals surface area (Å²) in [7, 11) is 0. The maximum Gasteiger partial charge on any atom is 0.229 e. The molecule has 17 heavy (non-hydrogen) atoms. The van der Waals surface area contributed by atoms with Crippen molar-refractivity contribution >= 4 is 17.2 Å². The summed E-state index contributed by atoms with van der Waals surface area (Å²) in [5.41, 5.74) is 1.12. The van der Waals surface area contributed by atoms with Gasteiger partial charge in [-0.2, -0.15) is 11.3 Å². The van der Waals surface area contributed by atoms with Crippen LogP contribution in [0.15, 0.2) is 16.8 Å². The normalized spacial score (nSPS) is 19.3. The highest BCUT2D eigenvalue weighted by Crippen LogP contribution is 2.24. The second-order valence-electron chi connectivity index (χ2n) is 4.73. The summed E-state index contributed by atoms with van der Waals surface area (Å²) in [6, 6.07) is 2.02. The first-order chi connectivity index (χ1) is 8.22. The minimum Gasteiger partial charge on any atom is -0.396 e. The minimum absolute atomic E-state index is 0.0353. The Kier molecular flexibility index (Phi) is 4.18. The molecule has 1 N–H and O–H groups in total. The van der Waals surface area contributed by atoms with Crippen LogP contribution in [0, 0.1) is 5.92 Å². The Morgan fingerprint density at radius 3 is 2.82 bits per heavy atom. The van der Waals surface area contributed by atoms with Gasteiger partial charge in [-0.3, -0.25) is 4.79 Å². The number of piperidine rings is 1. The van der Waals surface area contributed by atoms with E-state index in [9.17, 15) is 4.79 Å². The summed E-state index contributed by atoms with van der Waals surface area (Å²) in [4.78, 5) is 14.2. The van der Waals surface area contributed by atoms with Gasteiger partial charge in [-0.1, -0.05) is 0 Å². The monoisotopic (exact) mass is 253 g/mol. The van der Waals surface area contributed by atoms with E-state index in [1.54, 1.807) is 11.3 Å². The molecule has 0 saturated carbocycles. The summed E-state index contributed by atoms with van der Waals surface area (Å²) in [5, 5.41) is 13.1. The van der Waals surface area contributed by atoms with E-state index in [0.29, 0.717) is 5.92 Å². The predicted octanol–water partition coefficient (Wildman–Crippen LogP) is 2.08. The first-order valence-electron chi connectivity index (χ1n) is 6.14. The number of aliphatic hydroxyl groups is 1. The highest BCUT2D eigenvalue weighted by Gasteiger charge is 2.26. The molecular weight excluding hydrogens is 234 g/mol. The molecule has 1 amide bonds. The number of aliphatic hydroxyl groups excluding tert-OH is 1. The Morgan fingerprint density at radius 2 is 2.29 bits per heavy atom. The van der Waals surface area contributed by atoms with Gasteiger partial charge in [-0.15, -0.1) is 0 Å². The molecule has 1 aromatic heterocycles. The molecular formula is C13H19NO2S. The van der Waals surface area contributed by atoms with Gasteiger partial charge in [-0.05, 0) is 48.1 Å². The van der Waals surface area contributed by atoms with Crippen LogP contribution in [-0.4, -0.2) is 35.6 Å². The maximum absolute atomic E-state index is 12.3. The van der Waals surface area contributed by atoms with Crippen molar-refractivity contribution < 1.29 is 9.90 Å². The van der Waals surface area contributed by atoms with Crippen molar-refractivity contribution in [1.82, 2.24) is 4.90 Å². The number of rotatable bonds is 3. The van der Waals surface area contributed by atoms with Crippen molar-refractivity contribution in [1.29, 1.82) is 0 Å². The molecule has 2 heterocycles. The Morgan fingerprint density at radius 1 is 1.59 bits per heavy atom. The number of nitrogens with zero attached hydrogens (tertiary/aromatic N) is 1. The third-order valence-corrected chi connectivity index (χ3v) is 4.30. The first kappa shape index (κ1) is 12.6. The molecule has 0 aromatic carbocycles. The van der Waals surface area contributed by atoms with Gasteiger partial charge in [0.2, 0.25) is 5.91 Å². The van der Waals surface area contributed by atoms with Crippen LogP contribution in [0.25, 0.3) is 0 Å². The average Bonchev–Trinajstić information content (AvgIpc) is 2.91. The summed E-state index contributed by atoms with van der Waals surface area (Å²) >= 11 is 1.63. The summed E-state index contributed by atoms with van der Waals surface area (Å²) < 4.78 is 0. The van der Waals surface area contributed by atoms with Crippen LogP contribution in [0.4, 0.5) is 0 Å². The largest absolute Gasteiger partial charge is 0.396 e. The molecule has 2 rings (SSSR count). The number of carbonyl (C=O) groups excluding carboxylic acids is 1. The molecule has 4 heteroatoms. The van der Waals surface area contributed by atoms with E-state index in [1.807, 2.05) is 28.7 Å². The van der Waals surface area contributed by atoms with Gasteiger partial charge < -0.3 is 10.0 Å². The van der Waals surface area contributed by atoms with E-state index in [1.165, 1.54) is 0 Å². The lowest BCUT2D eigenvalue weighted by molar-refractivity contribution is -0.134. The van der Waals surface area contributed by atoms with Gasteiger partial charge in [0, 0.05) is 19.7 Å². The summed E-state index contributed by atoms with van der Waals surface area (Å²) in [5.74, 6) is 0.571. The third-order valence-electron chi connectivity index (χ3n) is 3.60. The van der Waals surface area contributed by atoms with Gasteiger partial charge in [-0.25, -0.2) is 0 Å². The lowest BCUT2D eigenvalue weighted by atomic mass is 9.95. The molecule has 1 aliphatic rings. The van der Waals surface area contributed by atoms with E-state index < -0.39 is 0 Å². The summed E-state index contributed by atoms with van der Waals surface area (Å²) in [6.07, 6.45) is 1.86. The molecule has 1 unspecified atom stereocenters. The highest BCUT2D eigenvalue weighted by atomic mass is 32.1. The van der Waals surface area contributed by atoms with E-state index in [0.717, 1.165) is 31.5 Å². The molecule has 1 aromatic rings. The molecule has 1 atom stereocenters. The van der Waals surface area contributed by atoms with E-state index in [-0.39, 0.29) is 18.4 Å². The molecule has 1 fully saturated rings. The molecule has 1 saturated heterocycles. The van der Waals surface area contributed by atoms with Crippen molar-refractivity contribution in [3.63, 3.8) is 0 Å². The average molecular weight is 253 g/mol. The van der Waals surface area contributed by atoms with Crippen LogP contribution in [0.2, 0.25) is 0 Å². The van der Waals surface area contributed by atoms with E-state index >= 15 is 0 Å². The number of hydrogen-bond donors (Lipinski definition) is 1. The van der Waals surface area contributed by atoms with Crippen LogP contribution in [0.5, 0.6) is 0 Å². The van der Waals surface area contributed by atoms with Crippen molar-refractivity contribution in [2.45, 2.75) is 25.7 Å². The molecule has 3 nitrogen and oxygen atoms in total. The minimum atomic E-state index is -0.0353. The van der Waals surface area contributed by atoms with Gasteiger partial charge in [0.1, 0.15) is 0 Å². The first-order valence-corrected chi connectivity index (χ1v) is 7.08. The van der Waals surface area contributed by atoms with Gasteiger partial charge in [0.15, 0.2) is 0 Å². The fourth-order valence-corrected chi connectivity index (χ4v) is 3.03. The van der Waals surface area contributed by atoms with Crippen LogP contribution in [-0.2, 0) is 4.79 Å². The number of thiophene rings is 1. The van der Waals surface area contributed by atoms with E-state index in [4.69, 9.17) is 5.11 Å². The van der Waals surface area contributed by atoms with Crippen LogP contribution < -0.4 is 0 Å². The highest BCUT2D eigenvalue weighted by molar-refractivity contribution is 7.08. The molecule has 0 spiro atoms. The SMILES string of the molecule is CC(C(=O)N1CCC(CO)CC1)c1ccsc1. The number of carbonyl (C=O) groups is 1. The molecule has 0 radical (unpaired) electrons. The number of amides is 1. The standard InChI is InChI=1S/C13H19NO2S/c1-10(12-4-7-17-9-12)13(16)14-5-2-11(8-15)3-6-14/h4,7,9-11,15H,2-3,5-6,8H2,1H3. The quantitative estimate of drug-likeness (QED) is 0.896. The summed E-state index contributed by atoms with van der Waals surface area (Å²) in [6.45, 7) is 3.81. The van der Waals surface area contributed by atoms with Crippen LogP contribution in [0.3, 0.4) is 0 Å². The lowest BCUT2D eigenvalue weighted by Gasteiger charge is -2.32. The van der Waals surface area contributed by atoms with Crippen LogP contribution >= 0.6 is 11.3 Å². The predicted molar refractivity (Wildman–Crippen MR) is 69.1 cm³/mol. The van der Waals surface area contributed by atoms with Crippen molar-refractivity contribution in [2.24, 2.45) is 5.92 Å². The fraction of sp³-hybridized carbons (Fsp3) is 0.615. The zero-order chi connectivity index (χ0) is 12.3. The van der Waals surface area contributed by atoms with Gasteiger partial charge >= 0.3 is 0 Å². The molecule has 0 aliphatic carbocycles. The molecule has 0 bridgehead atoms. The number of likely N-dealkylation sites (tertiary alicyclic amines) is 1. The Labute approximate surface area is 106 Å². The number of hydrogen-bond acceptors (Lipinski definition) is 3. The maximum atomic E-state index is 12.3. The Hall–Kier alpha value is -0.870. The van der Waals surface area contributed by atoms with Crippen LogP contribution in [0.1, 0.15) is 31.2 Å². The lowest BCUT2D eigenvalue weighted by Crippen LogP contribution is -2.41. The van der Waals surface area contributed by atoms with Gasteiger partial charge in [0.25, 0.3) is 0 Å². The van der Waals surface area contributed by atoms with Gasteiger partial charge in [0.05, 0.1) is 5.92 Å². The zero-order valence-electron chi connectivity index (χ0n) is 10.1. The second kappa shape index (κ2) is 5.65. The smallest absolute Gasteiger partial charge is 0.229 e. The van der Waals surface area contributed by atoms with Crippen molar-refractivity contribution in [3.8, 4) is 0 Å². The third kappa shape index (κ3) is 2.87. The van der Waals surface area contributed by atoms with E-state index in [2.05, 4.69) is 0 Å². The molecule has 94 valence electrons. The topological polar surface area (TPSA) is 40.5 Å². The molecule has 1 aliphatic heterocycles. The van der Waals surface area contributed by atoms with Crippen molar-refractivity contribution in [2.75, 3.05) is 19.7 Å². The zero-order valence-corrected chi connectivity index (χ0v) is 10.9. The Balaban J connectivity index is 1.93. The fourth-order valence-electron chi connectivity index (χ4n) is 2.27. The Bertz CT molecular complexity index is 356. The second-order valence-corrected chi connectivity index (χ2v) is 5.51. The van der Waals surface area contributed by atoms with Crippen molar-refractivity contribution in [3.05, 3.63) is 22.4 Å².